The van der Waals surface area contributed by atoms with Crippen LogP contribution in [-0.4, -0.2) is 29.6 Å². The second-order valence-electron chi connectivity index (χ2n) is 4.69. The summed E-state index contributed by atoms with van der Waals surface area (Å²) >= 11 is 0. The fourth-order valence-corrected chi connectivity index (χ4v) is 4.51. The van der Waals surface area contributed by atoms with Crippen LogP contribution in [0.25, 0.3) is 0 Å². The molecule has 0 N–H and O–H groups in total. The van der Waals surface area contributed by atoms with Crippen LogP contribution >= 0.6 is 0 Å². The maximum absolute atomic E-state index is 5.90. The molecule has 0 fully saturated rings. The average Bonchev–Trinajstić information content (AvgIpc) is 2.19. The van der Waals surface area contributed by atoms with E-state index in [-0.39, 0.29) is 5.04 Å². The van der Waals surface area contributed by atoms with Gasteiger partial charge in [-0.15, -0.1) is 0 Å². The molecule has 0 aliphatic rings. The van der Waals surface area contributed by atoms with Crippen molar-refractivity contribution in [2.45, 2.75) is 46.1 Å². The van der Waals surface area contributed by atoms with Crippen molar-refractivity contribution in [1.82, 2.24) is 0 Å². The summed E-state index contributed by atoms with van der Waals surface area (Å²) in [4.78, 5) is 0. The minimum Gasteiger partial charge on any atom is -0.377 e. The third-order valence-electron chi connectivity index (χ3n) is 3.27. The minimum absolute atomic E-state index is 0.0638. The van der Waals surface area contributed by atoms with Crippen LogP contribution in [-0.2, 0) is 13.3 Å². The Labute approximate surface area is 95.5 Å². The zero-order valence-corrected chi connectivity index (χ0v) is 12.2. The number of hydrogen-bond donors (Lipinski definition) is 0. The SMILES string of the molecule is CCCO[Si](OC)(OC)C(C)(C)C(C)C. The predicted octanol–water partition coefficient (Wildman–Crippen LogP) is 3.08. The van der Waals surface area contributed by atoms with Gasteiger partial charge in [0.2, 0.25) is 0 Å². The predicted molar refractivity (Wildman–Crippen MR) is 64.9 cm³/mol. The lowest BCUT2D eigenvalue weighted by Crippen LogP contribution is -2.55. The maximum atomic E-state index is 5.90. The van der Waals surface area contributed by atoms with Gasteiger partial charge in [0.1, 0.15) is 0 Å². The molecule has 0 bridgehead atoms. The molecular weight excluding hydrogens is 208 g/mol. The molecule has 0 aromatic carbocycles. The van der Waals surface area contributed by atoms with Crippen LogP contribution in [0.3, 0.4) is 0 Å². The molecule has 0 aromatic heterocycles. The van der Waals surface area contributed by atoms with E-state index in [0.717, 1.165) is 6.42 Å². The molecule has 92 valence electrons. The van der Waals surface area contributed by atoms with Gasteiger partial charge in [0.05, 0.1) is 0 Å². The van der Waals surface area contributed by atoms with E-state index in [9.17, 15) is 0 Å². The summed E-state index contributed by atoms with van der Waals surface area (Å²) in [6, 6.07) is 0. The van der Waals surface area contributed by atoms with Crippen molar-refractivity contribution in [1.29, 1.82) is 0 Å². The molecule has 0 saturated heterocycles. The largest absolute Gasteiger partial charge is 0.506 e. The van der Waals surface area contributed by atoms with E-state index >= 15 is 0 Å². The molecule has 0 spiro atoms. The average molecular weight is 234 g/mol. The summed E-state index contributed by atoms with van der Waals surface area (Å²) in [5, 5.41) is -0.0638. The summed E-state index contributed by atoms with van der Waals surface area (Å²) in [6.45, 7) is 11.5. The molecule has 0 atom stereocenters. The van der Waals surface area contributed by atoms with Gasteiger partial charge in [0.25, 0.3) is 0 Å². The highest BCUT2D eigenvalue weighted by molar-refractivity contribution is 6.64. The van der Waals surface area contributed by atoms with Crippen molar-refractivity contribution < 1.29 is 13.3 Å². The molecule has 0 aliphatic carbocycles. The van der Waals surface area contributed by atoms with Crippen LogP contribution in [0.4, 0.5) is 0 Å². The van der Waals surface area contributed by atoms with Gasteiger partial charge in [0.15, 0.2) is 0 Å². The molecule has 0 amide bonds. The molecule has 0 heterocycles. The standard InChI is InChI=1S/C11H26O3Si/c1-8-9-14-15(12-6,13-7)11(4,5)10(2)3/h10H,8-9H2,1-7H3. The van der Waals surface area contributed by atoms with Gasteiger partial charge in [-0.1, -0.05) is 34.6 Å². The lowest BCUT2D eigenvalue weighted by atomic mass is 9.99. The highest BCUT2D eigenvalue weighted by atomic mass is 28.4. The molecule has 0 rings (SSSR count). The van der Waals surface area contributed by atoms with Gasteiger partial charge in [-0.2, -0.15) is 0 Å². The summed E-state index contributed by atoms with van der Waals surface area (Å²) in [6.07, 6.45) is 0.982. The van der Waals surface area contributed by atoms with Gasteiger partial charge in [-0.3, -0.25) is 0 Å². The molecule has 15 heavy (non-hydrogen) atoms. The summed E-state index contributed by atoms with van der Waals surface area (Å²) in [7, 11) is 0.825. The minimum atomic E-state index is -2.56. The van der Waals surface area contributed by atoms with Crippen molar-refractivity contribution in [2.75, 3.05) is 20.8 Å². The first kappa shape index (κ1) is 15.1. The Kier molecular flexibility index (Phi) is 6.03. The van der Waals surface area contributed by atoms with E-state index in [1.807, 2.05) is 0 Å². The van der Waals surface area contributed by atoms with Crippen molar-refractivity contribution in [3.8, 4) is 0 Å². The van der Waals surface area contributed by atoms with Gasteiger partial charge in [0, 0.05) is 25.9 Å². The highest BCUT2D eigenvalue weighted by Crippen LogP contribution is 2.45. The van der Waals surface area contributed by atoms with E-state index in [1.54, 1.807) is 14.2 Å². The second-order valence-corrected chi connectivity index (χ2v) is 8.20. The molecule has 4 heteroatoms. The molecule has 0 aromatic rings. The van der Waals surface area contributed by atoms with Crippen LogP contribution in [0.1, 0.15) is 41.0 Å². The lowest BCUT2D eigenvalue weighted by Gasteiger charge is -2.42. The Bertz CT molecular complexity index is 177. The molecular formula is C11H26O3Si. The van der Waals surface area contributed by atoms with Crippen LogP contribution < -0.4 is 0 Å². The second kappa shape index (κ2) is 5.99. The number of hydrogen-bond acceptors (Lipinski definition) is 3. The van der Waals surface area contributed by atoms with Crippen LogP contribution in [0.15, 0.2) is 0 Å². The van der Waals surface area contributed by atoms with Gasteiger partial charge < -0.3 is 13.3 Å². The smallest absolute Gasteiger partial charge is 0.377 e. The van der Waals surface area contributed by atoms with Crippen molar-refractivity contribution in [3.05, 3.63) is 0 Å². The summed E-state index contributed by atoms with van der Waals surface area (Å²) < 4.78 is 17.1. The normalized spacial score (nSPS) is 13.6. The Balaban J connectivity index is 4.89. The van der Waals surface area contributed by atoms with E-state index < -0.39 is 8.80 Å². The quantitative estimate of drug-likeness (QED) is 0.634. The summed E-state index contributed by atoms with van der Waals surface area (Å²) in [5.41, 5.74) is 0. The van der Waals surface area contributed by atoms with Gasteiger partial charge >= 0.3 is 8.80 Å². The number of rotatable bonds is 7. The van der Waals surface area contributed by atoms with E-state index in [4.69, 9.17) is 13.3 Å². The topological polar surface area (TPSA) is 27.7 Å². The molecule has 0 saturated carbocycles. The van der Waals surface area contributed by atoms with Gasteiger partial charge in [-0.25, -0.2) is 0 Å². The van der Waals surface area contributed by atoms with Gasteiger partial charge in [-0.05, 0) is 12.3 Å². The molecule has 0 aliphatic heterocycles. The first-order valence-electron chi connectivity index (χ1n) is 5.62. The first-order chi connectivity index (χ1) is 6.88. The monoisotopic (exact) mass is 234 g/mol. The third kappa shape index (κ3) is 3.03. The van der Waals surface area contributed by atoms with Crippen LogP contribution in [0.2, 0.25) is 5.04 Å². The maximum Gasteiger partial charge on any atom is 0.506 e. The van der Waals surface area contributed by atoms with Crippen LogP contribution in [0.5, 0.6) is 0 Å². The fourth-order valence-electron chi connectivity index (χ4n) is 1.50. The Hall–Kier alpha value is 0.0969. The molecule has 3 nitrogen and oxygen atoms in total. The molecule has 0 radical (unpaired) electrons. The zero-order valence-electron chi connectivity index (χ0n) is 11.2. The van der Waals surface area contributed by atoms with Crippen molar-refractivity contribution >= 4 is 8.80 Å². The van der Waals surface area contributed by atoms with E-state index in [2.05, 4.69) is 34.6 Å². The Morgan fingerprint density at radius 1 is 1.13 bits per heavy atom. The molecule has 0 unspecified atom stereocenters. The van der Waals surface area contributed by atoms with Crippen LogP contribution in [0, 0.1) is 5.92 Å². The summed E-state index contributed by atoms with van der Waals surface area (Å²) in [5.74, 6) is 0.459. The zero-order chi connectivity index (χ0) is 12.1. The van der Waals surface area contributed by atoms with Crippen molar-refractivity contribution in [3.63, 3.8) is 0 Å². The fraction of sp³-hybridized carbons (Fsp3) is 1.00. The van der Waals surface area contributed by atoms with Crippen molar-refractivity contribution in [2.24, 2.45) is 5.92 Å². The Morgan fingerprint density at radius 3 is 1.87 bits per heavy atom. The van der Waals surface area contributed by atoms with E-state index in [1.165, 1.54) is 0 Å². The Morgan fingerprint density at radius 2 is 1.60 bits per heavy atom. The highest BCUT2D eigenvalue weighted by Gasteiger charge is 2.55. The van der Waals surface area contributed by atoms with E-state index in [0.29, 0.717) is 12.5 Å². The third-order valence-corrected chi connectivity index (χ3v) is 7.08. The first-order valence-corrected chi connectivity index (χ1v) is 7.34. The lowest BCUT2D eigenvalue weighted by molar-refractivity contribution is 0.0636.